The van der Waals surface area contributed by atoms with Gasteiger partial charge in [-0.25, -0.2) is 0 Å². The molecule has 0 bridgehead atoms. The first kappa shape index (κ1) is 15.4. The monoisotopic (exact) mass is 267 g/mol. The summed E-state index contributed by atoms with van der Waals surface area (Å²) in [6.07, 6.45) is 1.55. The first-order valence-electron chi connectivity index (χ1n) is 6.45. The summed E-state index contributed by atoms with van der Waals surface area (Å²) < 4.78 is 4.85. The first-order valence-corrected chi connectivity index (χ1v) is 6.45. The van der Waals surface area contributed by atoms with Crippen LogP contribution in [-0.2, 0) is 19.1 Å². The maximum atomic E-state index is 11.9. The molecule has 1 fully saturated rings. The van der Waals surface area contributed by atoms with Crippen molar-refractivity contribution in [1.82, 2.24) is 5.32 Å². The molecule has 1 aliphatic carbocycles. The Balaban J connectivity index is 2.75. The van der Waals surface area contributed by atoms with Crippen LogP contribution in [0.2, 0.25) is 0 Å². The van der Waals surface area contributed by atoms with Gasteiger partial charge in [0.1, 0.15) is 0 Å². The van der Waals surface area contributed by atoms with Crippen LogP contribution in [0.15, 0.2) is 11.8 Å². The molecule has 0 saturated heterocycles. The zero-order chi connectivity index (χ0) is 14.6. The number of allylic oxidation sites excluding steroid dienone is 1. The van der Waals surface area contributed by atoms with Crippen LogP contribution in [-0.4, -0.2) is 29.7 Å². The Morgan fingerprint density at radius 1 is 1.32 bits per heavy atom. The summed E-state index contributed by atoms with van der Waals surface area (Å²) in [7, 11) is 0. The Hall–Kier alpha value is -1.65. The number of hydrogen-bond acceptors (Lipinski definition) is 5. The molecule has 5 heteroatoms. The molecule has 0 aromatic rings. The molecule has 1 aliphatic rings. The molecule has 0 aliphatic heterocycles. The van der Waals surface area contributed by atoms with Crippen LogP contribution in [0.3, 0.4) is 0 Å². The number of esters is 1. The number of hydrogen-bond donors (Lipinski definition) is 1. The summed E-state index contributed by atoms with van der Waals surface area (Å²) in [5.74, 6) is -1.70. The third-order valence-corrected chi connectivity index (χ3v) is 2.73. The Kier molecular flexibility index (Phi) is 4.86. The minimum absolute atomic E-state index is 0.0439. The maximum absolute atomic E-state index is 11.9. The molecule has 5 nitrogen and oxygen atoms in total. The van der Waals surface area contributed by atoms with Crippen molar-refractivity contribution in [3.8, 4) is 0 Å². The van der Waals surface area contributed by atoms with E-state index in [0.717, 1.165) is 0 Å². The van der Waals surface area contributed by atoms with Crippen LogP contribution in [0.5, 0.6) is 0 Å². The van der Waals surface area contributed by atoms with E-state index >= 15 is 0 Å². The fraction of sp³-hybridized carbons (Fsp3) is 0.643. The average molecular weight is 267 g/mol. The number of rotatable bonds is 3. The van der Waals surface area contributed by atoms with E-state index in [9.17, 15) is 14.4 Å². The predicted molar refractivity (Wildman–Crippen MR) is 70.3 cm³/mol. The molecule has 106 valence electrons. The zero-order valence-electron chi connectivity index (χ0n) is 11.9. The lowest BCUT2D eigenvalue weighted by atomic mass is 9.84. The second-order valence-corrected chi connectivity index (χ2v) is 5.66. The van der Waals surface area contributed by atoms with E-state index in [1.54, 1.807) is 6.92 Å². The van der Waals surface area contributed by atoms with Crippen molar-refractivity contribution in [2.45, 2.75) is 46.1 Å². The van der Waals surface area contributed by atoms with E-state index in [1.165, 1.54) is 6.20 Å². The highest BCUT2D eigenvalue weighted by molar-refractivity contribution is 6.23. The van der Waals surface area contributed by atoms with E-state index in [4.69, 9.17) is 4.74 Å². The molecular weight excluding hydrogens is 246 g/mol. The number of Topliss-reactive ketones (excluding diaryl/α,β-unsaturated/α-hetero) is 2. The maximum Gasteiger partial charge on any atom is 0.309 e. The second kappa shape index (κ2) is 5.99. The molecule has 0 unspecified atom stereocenters. The van der Waals surface area contributed by atoms with Crippen molar-refractivity contribution in [2.75, 3.05) is 6.61 Å². The van der Waals surface area contributed by atoms with Gasteiger partial charge in [0.05, 0.1) is 18.1 Å². The zero-order valence-corrected chi connectivity index (χ0v) is 11.9. The number of nitrogens with one attached hydrogen (secondary N) is 1. The van der Waals surface area contributed by atoms with Crippen molar-refractivity contribution in [3.05, 3.63) is 11.8 Å². The molecule has 1 rings (SSSR count). The van der Waals surface area contributed by atoms with Crippen molar-refractivity contribution >= 4 is 17.5 Å². The van der Waals surface area contributed by atoms with Gasteiger partial charge in [0.15, 0.2) is 11.6 Å². The fourth-order valence-electron chi connectivity index (χ4n) is 1.77. The Morgan fingerprint density at radius 2 is 1.84 bits per heavy atom. The van der Waals surface area contributed by atoms with Gasteiger partial charge in [0.25, 0.3) is 0 Å². The smallest absolute Gasteiger partial charge is 0.309 e. The predicted octanol–water partition coefficient (Wildman–Crippen LogP) is 1.37. The van der Waals surface area contributed by atoms with Gasteiger partial charge in [0.2, 0.25) is 0 Å². The van der Waals surface area contributed by atoms with Gasteiger partial charge in [-0.3, -0.25) is 14.4 Å². The number of carbonyl (C=O) groups is 3. The quantitative estimate of drug-likeness (QED) is 0.475. The summed E-state index contributed by atoms with van der Waals surface area (Å²) in [6, 6.07) is 0. The van der Waals surface area contributed by atoms with Gasteiger partial charge in [-0.1, -0.05) is 0 Å². The van der Waals surface area contributed by atoms with Crippen molar-refractivity contribution in [2.24, 2.45) is 5.92 Å². The highest BCUT2D eigenvalue weighted by atomic mass is 16.5. The third kappa shape index (κ3) is 4.50. The molecule has 19 heavy (non-hydrogen) atoms. The second-order valence-electron chi connectivity index (χ2n) is 5.66. The Labute approximate surface area is 113 Å². The molecule has 0 heterocycles. The van der Waals surface area contributed by atoms with Crippen molar-refractivity contribution in [3.63, 3.8) is 0 Å². The summed E-state index contributed by atoms with van der Waals surface area (Å²) in [5.41, 5.74) is -0.0681. The van der Waals surface area contributed by atoms with Gasteiger partial charge in [-0.05, 0) is 27.7 Å². The first-order chi connectivity index (χ1) is 8.74. The van der Waals surface area contributed by atoms with Crippen LogP contribution >= 0.6 is 0 Å². The molecule has 1 N–H and O–H groups in total. The van der Waals surface area contributed by atoms with E-state index in [-0.39, 0.29) is 42.1 Å². The number of ether oxygens (including phenoxy) is 1. The Morgan fingerprint density at radius 3 is 2.26 bits per heavy atom. The van der Waals surface area contributed by atoms with Crippen LogP contribution in [0.1, 0.15) is 40.5 Å². The molecule has 0 aromatic carbocycles. The minimum atomic E-state index is -0.633. The standard InChI is InChI=1S/C14H21NO4/c1-5-19-13(18)9-6-11(16)10(12(17)7-9)8-15-14(2,3)4/h8-9,15H,5-7H2,1-4H3. The SMILES string of the molecule is CCOC(=O)C1CC(=O)C(=CNC(C)(C)C)C(=O)C1. The third-order valence-electron chi connectivity index (χ3n) is 2.73. The van der Waals surface area contributed by atoms with Crippen molar-refractivity contribution in [1.29, 1.82) is 0 Å². The summed E-state index contributed by atoms with van der Waals surface area (Å²) in [4.78, 5) is 35.4. The molecule has 0 aromatic heterocycles. The molecule has 0 amide bonds. The van der Waals surface area contributed by atoms with Crippen LogP contribution in [0, 0.1) is 5.92 Å². The summed E-state index contributed by atoms with van der Waals surface area (Å²) in [5, 5.41) is 3.00. The average Bonchev–Trinajstić information content (AvgIpc) is 2.26. The lowest BCUT2D eigenvalue weighted by Crippen LogP contribution is -2.36. The highest BCUT2D eigenvalue weighted by Crippen LogP contribution is 2.24. The fourth-order valence-corrected chi connectivity index (χ4v) is 1.77. The summed E-state index contributed by atoms with van der Waals surface area (Å²) in [6.45, 7) is 7.75. The van der Waals surface area contributed by atoms with E-state index in [2.05, 4.69) is 5.32 Å². The molecular formula is C14H21NO4. The highest BCUT2D eigenvalue weighted by Gasteiger charge is 2.35. The van der Waals surface area contributed by atoms with Crippen LogP contribution in [0.4, 0.5) is 0 Å². The van der Waals surface area contributed by atoms with E-state index < -0.39 is 11.9 Å². The summed E-state index contributed by atoms with van der Waals surface area (Å²) >= 11 is 0. The molecule has 0 spiro atoms. The van der Waals surface area contributed by atoms with E-state index in [1.807, 2.05) is 20.8 Å². The van der Waals surface area contributed by atoms with Crippen molar-refractivity contribution < 1.29 is 19.1 Å². The van der Waals surface area contributed by atoms with Crippen LogP contribution < -0.4 is 5.32 Å². The normalized spacial score (nSPS) is 20.2. The number of ketones is 2. The van der Waals surface area contributed by atoms with Gasteiger partial charge in [-0.15, -0.1) is 0 Å². The van der Waals surface area contributed by atoms with Crippen LogP contribution in [0.25, 0.3) is 0 Å². The lowest BCUT2D eigenvalue weighted by molar-refractivity contribution is -0.151. The van der Waals surface area contributed by atoms with E-state index in [0.29, 0.717) is 0 Å². The topological polar surface area (TPSA) is 72.5 Å². The van der Waals surface area contributed by atoms with Gasteiger partial charge < -0.3 is 10.1 Å². The largest absolute Gasteiger partial charge is 0.466 e. The van der Waals surface area contributed by atoms with Gasteiger partial charge in [0, 0.05) is 24.6 Å². The molecule has 0 atom stereocenters. The molecule has 0 radical (unpaired) electrons. The lowest BCUT2D eigenvalue weighted by Gasteiger charge is -2.23. The van der Waals surface area contributed by atoms with Gasteiger partial charge >= 0.3 is 5.97 Å². The Bertz CT molecular complexity index is 398. The van der Waals surface area contributed by atoms with Gasteiger partial charge in [-0.2, -0.15) is 0 Å². The number of carbonyl (C=O) groups excluding carboxylic acids is 3. The molecule has 1 saturated carbocycles. The minimum Gasteiger partial charge on any atom is -0.466 e.